The van der Waals surface area contributed by atoms with Crippen molar-refractivity contribution in [3.05, 3.63) is 53.5 Å². The average Bonchev–Trinajstić information content (AvgIpc) is 2.76. The fraction of sp³-hybridized carbons (Fsp3) is 0.357. The lowest BCUT2D eigenvalue weighted by Crippen LogP contribution is -2.23. The minimum Gasteiger partial charge on any atom is -0.445 e. The zero-order valence-corrected chi connectivity index (χ0v) is 10.6. The number of hydrogen-bond donors (Lipinski definition) is 1. The van der Waals surface area contributed by atoms with E-state index in [9.17, 15) is 4.39 Å². The van der Waals surface area contributed by atoms with Gasteiger partial charge in [-0.25, -0.2) is 9.37 Å². The Morgan fingerprint density at radius 1 is 1.44 bits per heavy atom. The Morgan fingerprint density at radius 3 is 3.00 bits per heavy atom. The van der Waals surface area contributed by atoms with Crippen LogP contribution in [0.3, 0.4) is 0 Å². The van der Waals surface area contributed by atoms with E-state index >= 15 is 0 Å². The summed E-state index contributed by atoms with van der Waals surface area (Å²) >= 11 is 0. The van der Waals surface area contributed by atoms with Gasteiger partial charge in [0.1, 0.15) is 11.6 Å². The number of benzene rings is 1. The highest BCUT2D eigenvalue weighted by Crippen LogP contribution is 2.12. The van der Waals surface area contributed by atoms with E-state index in [1.165, 1.54) is 12.1 Å². The third kappa shape index (κ3) is 3.40. The first-order chi connectivity index (χ1) is 8.67. The Kier molecular flexibility index (Phi) is 4.10. The van der Waals surface area contributed by atoms with Crippen LogP contribution in [0.5, 0.6) is 0 Å². The summed E-state index contributed by atoms with van der Waals surface area (Å²) in [6.07, 6.45) is 3.06. The Labute approximate surface area is 106 Å². The van der Waals surface area contributed by atoms with Crippen LogP contribution in [0.15, 0.2) is 34.9 Å². The van der Waals surface area contributed by atoms with Crippen molar-refractivity contribution in [2.24, 2.45) is 0 Å². The van der Waals surface area contributed by atoms with Gasteiger partial charge in [-0.1, -0.05) is 12.1 Å². The molecular formula is C14H17FN2O. The van der Waals surface area contributed by atoms with Crippen LogP contribution in [-0.2, 0) is 12.8 Å². The quantitative estimate of drug-likeness (QED) is 0.883. The molecule has 0 spiro atoms. The van der Waals surface area contributed by atoms with E-state index in [4.69, 9.17) is 4.42 Å². The molecule has 1 N–H and O–H groups in total. The van der Waals surface area contributed by atoms with Crippen molar-refractivity contribution in [2.45, 2.75) is 25.8 Å². The standard InChI is InChI=1S/C14H17FN2O/c1-10(16-2)6-13-9-17-14(18-13)8-11-4-3-5-12(15)7-11/h3-5,7,9-10,16H,6,8H2,1-2H3. The van der Waals surface area contributed by atoms with Crippen molar-refractivity contribution in [1.29, 1.82) is 0 Å². The van der Waals surface area contributed by atoms with Crippen LogP contribution < -0.4 is 5.32 Å². The summed E-state index contributed by atoms with van der Waals surface area (Å²) in [6, 6.07) is 6.83. The maximum absolute atomic E-state index is 13.0. The van der Waals surface area contributed by atoms with Gasteiger partial charge in [-0.15, -0.1) is 0 Å². The van der Waals surface area contributed by atoms with Crippen LogP contribution in [0.4, 0.5) is 4.39 Å². The van der Waals surface area contributed by atoms with Gasteiger partial charge >= 0.3 is 0 Å². The van der Waals surface area contributed by atoms with Crippen molar-refractivity contribution in [1.82, 2.24) is 10.3 Å². The fourth-order valence-electron chi connectivity index (χ4n) is 1.75. The molecule has 0 fully saturated rings. The molecular weight excluding hydrogens is 231 g/mol. The van der Waals surface area contributed by atoms with E-state index in [1.807, 2.05) is 13.1 Å². The van der Waals surface area contributed by atoms with Gasteiger partial charge < -0.3 is 9.73 Å². The smallest absolute Gasteiger partial charge is 0.198 e. The van der Waals surface area contributed by atoms with E-state index in [1.54, 1.807) is 12.3 Å². The zero-order chi connectivity index (χ0) is 13.0. The monoisotopic (exact) mass is 248 g/mol. The molecule has 0 amide bonds. The number of hydrogen-bond acceptors (Lipinski definition) is 3. The SMILES string of the molecule is CNC(C)Cc1cnc(Cc2cccc(F)c2)o1. The summed E-state index contributed by atoms with van der Waals surface area (Å²) in [5.74, 6) is 1.24. The Bertz CT molecular complexity index is 510. The Hall–Kier alpha value is -1.68. The minimum atomic E-state index is -0.233. The molecule has 1 aromatic heterocycles. The molecule has 0 aliphatic heterocycles. The topological polar surface area (TPSA) is 38.1 Å². The summed E-state index contributed by atoms with van der Waals surface area (Å²) < 4.78 is 18.7. The lowest BCUT2D eigenvalue weighted by Gasteiger charge is -2.06. The van der Waals surface area contributed by atoms with Crippen molar-refractivity contribution < 1.29 is 8.81 Å². The van der Waals surface area contributed by atoms with Crippen molar-refractivity contribution in [2.75, 3.05) is 7.05 Å². The number of oxazole rings is 1. The molecule has 0 aliphatic carbocycles. The van der Waals surface area contributed by atoms with Crippen LogP contribution in [0, 0.1) is 5.82 Å². The second-order valence-corrected chi connectivity index (χ2v) is 4.42. The van der Waals surface area contributed by atoms with E-state index in [0.717, 1.165) is 17.7 Å². The molecule has 1 atom stereocenters. The summed E-state index contributed by atoms with van der Waals surface area (Å²) in [4.78, 5) is 4.21. The summed E-state index contributed by atoms with van der Waals surface area (Å²) in [7, 11) is 1.91. The van der Waals surface area contributed by atoms with Crippen molar-refractivity contribution in [3.63, 3.8) is 0 Å². The predicted octanol–water partition coefficient (Wildman–Crippen LogP) is 2.55. The largest absolute Gasteiger partial charge is 0.445 e. The zero-order valence-electron chi connectivity index (χ0n) is 10.6. The second-order valence-electron chi connectivity index (χ2n) is 4.42. The van der Waals surface area contributed by atoms with E-state index < -0.39 is 0 Å². The molecule has 0 saturated carbocycles. The molecule has 0 bridgehead atoms. The first-order valence-corrected chi connectivity index (χ1v) is 6.02. The summed E-state index contributed by atoms with van der Waals surface area (Å²) in [5.41, 5.74) is 0.866. The number of nitrogens with zero attached hydrogens (tertiary/aromatic N) is 1. The van der Waals surface area contributed by atoms with Crippen molar-refractivity contribution in [3.8, 4) is 0 Å². The lowest BCUT2D eigenvalue weighted by atomic mass is 10.1. The fourth-order valence-corrected chi connectivity index (χ4v) is 1.75. The molecule has 1 aromatic carbocycles. The van der Waals surface area contributed by atoms with E-state index in [2.05, 4.69) is 17.2 Å². The maximum Gasteiger partial charge on any atom is 0.198 e. The van der Waals surface area contributed by atoms with Crippen LogP contribution in [0.2, 0.25) is 0 Å². The highest BCUT2D eigenvalue weighted by atomic mass is 19.1. The molecule has 2 aromatic rings. The predicted molar refractivity (Wildman–Crippen MR) is 67.9 cm³/mol. The first-order valence-electron chi connectivity index (χ1n) is 6.02. The number of nitrogens with one attached hydrogen (secondary N) is 1. The van der Waals surface area contributed by atoms with Crippen LogP contribution >= 0.6 is 0 Å². The molecule has 18 heavy (non-hydrogen) atoms. The molecule has 0 radical (unpaired) electrons. The third-order valence-electron chi connectivity index (χ3n) is 2.85. The van der Waals surface area contributed by atoms with Crippen LogP contribution in [0.25, 0.3) is 0 Å². The molecule has 0 aliphatic rings. The van der Waals surface area contributed by atoms with Gasteiger partial charge in [-0.05, 0) is 31.7 Å². The van der Waals surface area contributed by atoms with Gasteiger partial charge in [0.15, 0.2) is 5.89 Å². The third-order valence-corrected chi connectivity index (χ3v) is 2.85. The van der Waals surface area contributed by atoms with E-state index in [0.29, 0.717) is 18.4 Å². The molecule has 1 heterocycles. The molecule has 4 heteroatoms. The van der Waals surface area contributed by atoms with Crippen molar-refractivity contribution >= 4 is 0 Å². The normalized spacial score (nSPS) is 12.6. The maximum atomic E-state index is 13.0. The highest BCUT2D eigenvalue weighted by Gasteiger charge is 2.08. The number of rotatable bonds is 5. The molecule has 3 nitrogen and oxygen atoms in total. The van der Waals surface area contributed by atoms with Gasteiger partial charge in [-0.3, -0.25) is 0 Å². The van der Waals surface area contributed by atoms with Gasteiger partial charge in [0, 0.05) is 18.9 Å². The minimum absolute atomic E-state index is 0.233. The van der Waals surface area contributed by atoms with Crippen LogP contribution in [0.1, 0.15) is 24.1 Å². The second kappa shape index (κ2) is 5.78. The molecule has 0 saturated heterocycles. The average molecular weight is 248 g/mol. The Balaban J connectivity index is 2.02. The van der Waals surface area contributed by atoms with E-state index in [-0.39, 0.29) is 5.82 Å². The van der Waals surface area contributed by atoms with Gasteiger partial charge in [0.25, 0.3) is 0 Å². The molecule has 96 valence electrons. The highest BCUT2D eigenvalue weighted by molar-refractivity contribution is 5.19. The van der Waals surface area contributed by atoms with Gasteiger partial charge in [0.2, 0.25) is 0 Å². The molecule has 1 unspecified atom stereocenters. The molecule has 2 rings (SSSR count). The number of likely N-dealkylation sites (N-methyl/N-ethyl adjacent to an activating group) is 1. The first kappa shape index (κ1) is 12.8. The summed E-state index contributed by atoms with van der Waals surface area (Å²) in [6.45, 7) is 2.08. The van der Waals surface area contributed by atoms with Gasteiger partial charge in [-0.2, -0.15) is 0 Å². The lowest BCUT2D eigenvalue weighted by molar-refractivity contribution is 0.440. The number of aromatic nitrogens is 1. The Morgan fingerprint density at radius 2 is 2.28 bits per heavy atom. The number of halogens is 1. The van der Waals surface area contributed by atoms with Gasteiger partial charge in [0.05, 0.1) is 6.20 Å². The van der Waals surface area contributed by atoms with Crippen LogP contribution in [-0.4, -0.2) is 18.1 Å². The summed E-state index contributed by atoms with van der Waals surface area (Å²) in [5, 5.41) is 3.14.